The molecule has 0 spiro atoms. The van der Waals surface area contributed by atoms with Gasteiger partial charge in [0.15, 0.2) is 0 Å². The van der Waals surface area contributed by atoms with E-state index in [1.807, 2.05) is 13.0 Å². The molecule has 1 aliphatic carbocycles. The molecule has 1 fully saturated rings. The van der Waals surface area contributed by atoms with Gasteiger partial charge < -0.3 is 10.2 Å². The molecule has 1 atom stereocenters. The van der Waals surface area contributed by atoms with Crippen LogP contribution in [0.3, 0.4) is 0 Å². The molecule has 11 heavy (non-hydrogen) atoms. The summed E-state index contributed by atoms with van der Waals surface area (Å²) in [6.45, 7) is 1.97. The summed E-state index contributed by atoms with van der Waals surface area (Å²) in [5.41, 5.74) is 7.17. The highest BCUT2D eigenvalue weighted by atomic mass is 16.3. The minimum atomic E-state index is 0.216. The van der Waals surface area contributed by atoms with Crippen LogP contribution < -0.4 is 5.73 Å². The van der Waals surface area contributed by atoms with Crippen molar-refractivity contribution in [2.45, 2.75) is 25.8 Å². The number of rotatable bonds is 2. The average molecular weight is 151 g/mol. The fraction of sp³-hybridized carbons (Fsp3) is 0.556. The molecule has 2 heteroatoms. The summed E-state index contributed by atoms with van der Waals surface area (Å²) in [5, 5.41) is 0. The zero-order valence-corrected chi connectivity index (χ0v) is 6.71. The van der Waals surface area contributed by atoms with E-state index in [-0.39, 0.29) is 6.04 Å². The largest absolute Gasteiger partial charge is 0.469 e. The van der Waals surface area contributed by atoms with Gasteiger partial charge >= 0.3 is 0 Å². The normalized spacial score (nSPS) is 20.2. The Balaban J connectivity index is 2.20. The van der Waals surface area contributed by atoms with Crippen molar-refractivity contribution < 1.29 is 4.42 Å². The second-order valence-corrected chi connectivity index (χ2v) is 3.30. The van der Waals surface area contributed by atoms with E-state index in [0.29, 0.717) is 5.92 Å². The molecule has 2 N–H and O–H groups in total. The van der Waals surface area contributed by atoms with Crippen LogP contribution in [-0.4, -0.2) is 0 Å². The SMILES string of the molecule is Cc1occc1C(N)C1CC1. The molecule has 0 bridgehead atoms. The van der Waals surface area contributed by atoms with Crippen molar-refractivity contribution in [1.82, 2.24) is 0 Å². The Kier molecular flexibility index (Phi) is 1.50. The first-order valence-electron chi connectivity index (χ1n) is 4.08. The number of aryl methyl sites for hydroxylation is 1. The summed E-state index contributed by atoms with van der Waals surface area (Å²) < 4.78 is 5.18. The molecule has 0 aliphatic heterocycles. The molecule has 1 saturated carbocycles. The lowest BCUT2D eigenvalue weighted by Crippen LogP contribution is -2.12. The molecule has 2 rings (SSSR count). The lowest BCUT2D eigenvalue weighted by Gasteiger charge is -2.07. The predicted octanol–water partition coefficient (Wildman–Crippen LogP) is 2.00. The van der Waals surface area contributed by atoms with Gasteiger partial charge in [-0.15, -0.1) is 0 Å². The molecular weight excluding hydrogens is 138 g/mol. The van der Waals surface area contributed by atoms with Gasteiger partial charge in [0.2, 0.25) is 0 Å². The topological polar surface area (TPSA) is 39.2 Å². The van der Waals surface area contributed by atoms with Crippen molar-refractivity contribution in [1.29, 1.82) is 0 Å². The minimum absolute atomic E-state index is 0.216. The maximum atomic E-state index is 5.99. The smallest absolute Gasteiger partial charge is 0.105 e. The zero-order chi connectivity index (χ0) is 7.84. The molecule has 0 radical (unpaired) electrons. The molecule has 1 aliphatic rings. The number of nitrogens with two attached hydrogens (primary N) is 1. The lowest BCUT2D eigenvalue weighted by atomic mass is 10.1. The van der Waals surface area contributed by atoms with Crippen LogP contribution >= 0.6 is 0 Å². The summed E-state index contributed by atoms with van der Waals surface area (Å²) in [6, 6.07) is 2.20. The quantitative estimate of drug-likeness (QED) is 0.702. The van der Waals surface area contributed by atoms with Gasteiger partial charge in [0.25, 0.3) is 0 Å². The number of hydrogen-bond acceptors (Lipinski definition) is 2. The average Bonchev–Trinajstić information content (AvgIpc) is 2.74. The first-order chi connectivity index (χ1) is 5.29. The maximum absolute atomic E-state index is 5.99. The lowest BCUT2D eigenvalue weighted by molar-refractivity contribution is 0.518. The highest BCUT2D eigenvalue weighted by Crippen LogP contribution is 2.40. The summed E-state index contributed by atoms with van der Waals surface area (Å²) in [4.78, 5) is 0. The Labute approximate surface area is 66.4 Å². The highest BCUT2D eigenvalue weighted by Gasteiger charge is 2.30. The Morgan fingerprint density at radius 1 is 1.64 bits per heavy atom. The van der Waals surface area contributed by atoms with Crippen LogP contribution in [0.5, 0.6) is 0 Å². The van der Waals surface area contributed by atoms with Crippen LogP contribution in [0.25, 0.3) is 0 Å². The van der Waals surface area contributed by atoms with Gasteiger partial charge in [-0.2, -0.15) is 0 Å². The number of furan rings is 1. The third-order valence-electron chi connectivity index (χ3n) is 2.39. The van der Waals surface area contributed by atoms with Crippen LogP contribution in [0, 0.1) is 12.8 Å². The molecule has 0 amide bonds. The van der Waals surface area contributed by atoms with Crippen LogP contribution in [0.1, 0.15) is 30.2 Å². The van der Waals surface area contributed by atoms with E-state index in [1.54, 1.807) is 6.26 Å². The van der Waals surface area contributed by atoms with Crippen molar-refractivity contribution >= 4 is 0 Å². The van der Waals surface area contributed by atoms with Crippen LogP contribution in [0.4, 0.5) is 0 Å². The van der Waals surface area contributed by atoms with Gasteiger partial charge in [-0.1, -0.05) is 0 Å². The monoisotopic (exact) mass is 151 g/mol. The van der Waals surface area contributed by atoms with E-state index in [1.165, 1.54) is 18.4 Å². The van der Waals surface area contributed by atoms with Crippen LogP contribution in [-0.2, 0) is 0 Å². The Morgan fingerprint density at radius 2 is 2.36 bits per heavy atom. The van der Waals surface area contributed by atoms with Gasteiger partial charge in [-0.3, -0.25) is 0 Å². The van der Waals surface area contributed by atoms with E-state index in [9.17, 15) is 0 Å². The Morgan fingerprint density at radius 3 is 2.82 bits per heavy atom. The summed E-state index contributed by atoms with van der Waals surface area (Å²) in [5.74, 6) is 1.69. The van der Waals surface area contributed by atoms with Crippen molar-refractivity contribution in [3.05, 3.63) is 23.7 Å². The second kappa shape index (κ2) is 2.38. The Hall–Kier alpha value is -0.760. The summed E-state index contributed by atoms with van der Waals surface area (Å²) >= 11 is 0. The van der Waals surface area contributed by atoms with E-state index in [4.69, 9.17) is 10.2 Å². The van der Waals surface area contributed by atoms with Gasteiger partial charge in [0.05, 0.1) is 6.26 Å². The van der Waals surface area contributed by atoms with Crippen molar-refractivity contribution in [3.63, 3.8) is 0 Å². The molecule has 60 valence electrons. The molecule has 2 nitrogen and oxygen atoms in total. The fourth-order valence-electron chi connectivity index (χ4n) is 1.45. The summed E-state index contributed by atoms with van der Waals surface area (Å²) in [7, 11) is 0. The molecule has 0 saturated heterocycles. The first-order valence-corrected chi connectivity index (χ1v) is 4.08. The molecule has 1 heterocycles. The van der Waals surface area contributed by atoms with E-state index in [2.05, 4.69) is 0 Å². The molecule has 0 aromatic carbocycles. The van der Waals surface area contributed by atoms with E-state index < -0.39 is 0 Å². The highest BCUT2D eigenvalue weighted by molar-refractivity contribution is 5.21. The molecular formula is C9H13NO. The van der Waals surface area contributed by atoms with Gasteiger partial charge in [-0.25, -0.2) is 0 Å². The molecule has 1 unspecified atom stereocenters. The van der Waals surface area contributed by atoms with Gasteiger partial charge in [0.1, 0.15) is 5.76 Å². The van der Waals surface area contributed by atoms with Crippen LogP contribution in [0.2, 0.25) is 0 Å². The van der Waals surface area contributed by atoms with Crippen molar-refractivity contribution in [2.75, 3.05) is 0 Å². The fourth-order valence-corrected chi connectivity index (χ4v) is 1.45. The van der Waals surface area contributed by atoms with Crippen LogP contribution in [0.15, 0.2) is 16.7 Å². The standard InChI is InChI=1S/C9H13NO/c1-6-8(4-5-11-6)9(10)7-2-3-7/h4-5,7,9H,2-3,10H2,1H3. The Bertz CT molecular complexity index is 250. The predicted molar refractivity (Wildman–Crippen MR) is 43.1 cm³/mol. The molecule has 1 aromatic heterocycles. The van der Waals surface area contributed by atoms with Gasteiger partial charge in [0, 0.05) is 11.6 Å². The van der Waals surface area contributed by atoms with Gasteiger partial charge in [-0.05, 0) is 31.7 Å². The van der Waals surface area contributed by atoms with E-state index >= 15 is 0 Å². The zero-order valence-electron chi connectivity index (χ0n) is 6.71. The van der Waals surface area contributed by atoms with E-state index in [0.717, 1.165) is 5.76 Å². The minimum Gasteiger partial charge on any atom is -0.469 e. The van der Waals surface area contributed by atoms with Crippen molar-refractivity contribution in [3.8, 4) is 0 Å². The maximum Gasteiger partial charge on any atom is 0.105 e. The summed E-state index contributed by atoms with van der Waals surface area (Å²) in [6.07, 6.45) is 4.28. The number of hydrogen-bond donors (Lipinski definition) is 1. The third kappa shape index (κ3) is 1.18. The third-order valence-corrected chi connectivity index (χ3v) is 2.39. The molecule has 1 aromatic rings. The van der Waals surface area contributed by atoms with Crippen molar-refractivity contribution in [2.24, 2.45) is 11.7 Å². The second-order valence-electron chi connectivity index (χ2n) is 3.30. The first kappa shape index (κ1) is 6.92.